The smallest absolute Gasteiger partial charge is 0.212 e. The van der Waals surface area contributed by atoms with Gasteiger partial charge in [-0.3, -0.25) is 0 Å². The van der Waals surface area contributed by atoms with E-state index in [-0.39, 0.29) is 0 Å². The first-order valence-electron chi connectivity index (χ1n) is 4.19. The second-order valence-electron chi connectivity index (χ2n) is 2.92. The number of hydrogen-bond donors (Lipinski definition) is 1. The number of aliphatic hydroxyl groups is 1. The fourth-order valence-electron chi connectivity index (χ4n) is 1.02. The number of nitrogens with zero attached hydrogens (tertiary/aromatic N) is 2. The lowest BCUT2D eigenvalue weighted by Gasteiger charge is -2.12. The zero-order valence-electron chi connectivity index (χ0n) is 8.04. The molecule has 5 nitrogen and oxygen atoms in total. The van der Waals surface area contributed by atoms with E-state index >= 15 is 0 Å². The molecule has 0 aromatic carbocycles. The van der Waals surface area contributed by atoms with Crippen molar-refractivity contribution in [2.45, 2.75) is 19.1 Å². The van der Waals surface area contributed by atoms with E-state index in [9.17, 15) is 10.0 Å². The van der Waals surface area contributed by atoms with Crippen molar-refractivity contribution in [3.05, 3.63) is 28.8 Å². The monoisotopic (exact) mass is 196 g/mol. The lowest BCUT2D eigenvalue weighted by atomic mass is 10.1. The SMILES string of the molecule is COc1ccc(C(O)C(C)N=O)cn1. The first kappa shape index (κ1) is 10.6. The predicted molar refractivity (Wildman–Crippen MR) is 51.0 cm³/mol. The molecule has 0 aliphatic rings. The van der Waals surface area contributed by atoms with Crippen LogP contribution in [0.2, 0.25) is 0 Å². The summed E-state index contributed by atoms with van der Waals surface area (Å²) in [6, 6.07) is 2.60. The molecule has 0 spiro atoms. The minimum absolute atomic E-state index is 0.465. The number of rotatable bonds is 4. The molecule has 5 heteroatoms. The number of aliphatic hydroxyl groups excluding tert-OH is 1. The lowest BCUT2D eigenvalue weighted by Crippen LogP contribution is -2.11. The maximum absolute atomic E-state index is 10.2. The van der Waals surface area contributed by atoms with E-state index in [1.807, 2.05) is 0 Å². The van der Waals surface area contributed by atoms with Gasteiger partial charge in [0.2, 0.25) is 5.88 Å². The van der Waals surface area contributed by atoms with Crippen molar-refractivity contribution in [3.8, 4) is 5.88 Å². The van der Waals surface area contributed by atoms with Crippen molar-refractivity contribution in [3.63, 3.8) is 0 Å². The number of pyridine rings is 1. The number of methoxy groups -OCH3 is 1. The Morgan fingerprint density at radius 2 is 2.29 bits per heavy atom. The average molecular weight is 196 g/mol. The van der Waals surface area contributed by atoms with E-state index in [4.69, 9.17) is 4.74 Å². The second-order valence-corrected chi connectivity index (χ2v) is 2.92. The van der Waals surface area contributed by atoms with Crippen LogP contribution in [0.1, 0.15) is 18.6 Å². The molecular formula is C9H12N2O3. The van der Waals surface area contributed by atoms with Crippen molar-refractivity contribution in [2.24, 2.45) is 5.18 Å². The van der Waals surface area contributed by atoms with Gasteiger partial charge >= 0.3 is 0 Å². The van der Waals surface area contributed by atoms with Gasteiger partial charge in [0.25, 0.3) is 0 Å². The largest absolute Gasteiger partial charge is 0.481 e. The molecule has 0 aliphatic carbocycles. The van der Waals surface area contributed by atoms with Crippen LogP contribution in [0.25, 0.3) is 0 Å². The van der Waals surface area contributed by atoms with Crippen molar-refractivity contribution in [1.29, 1.82) is 0 Å². The van der Waals surface area contributed by atoms with Gasteiger partial charge in [-0.15, -0.1) is 0 Å². The molecule has 0 saturated heterocycles. The van der Waals surface area contributed by atoms with E-state index in [0.717, 1.165) is 0 Å². The number of ether oxygens (including phenoxy) is 1. The minimum atomic E-state index is -0.911. The molecule has 2 atom stereocenters. The van der Waals surface area contributed by atoms with E-state index in [1.165, 1.54) is 13.3 Å². The maximum Gasteiger partial charge on any atom is 0.212 e. The molecule has 1 N–H and O–H groups in total. The van der Waals surface area contributed by atoms with Crippen molar-refractivity contribution in [2.75, 3.05) is 7.11 Å². The molecule has 1 aromatic rings. The van der Waals surface area contributed by atoms with Gasteiger partial charge in [-0.1, -0.05) is 5.18 Å². The zero-order chi connectivity index (χ0) is 10.6. The molecule has 0 fully saturated rings. The summed E-state index contributed by atoms with van der Waals surface area (Å²) in [5.74, 6) is 0.465. The molecule has 0 amide bonds. The van der Waals surface area contributed by atoms with Crippen molar-refractivity contribution in [1.82, 2.24) is 4.98 Å². The third kappa shape index (κ3) is 2.26. The van der Waals surface area contributed by atoms with E-state index in [0.29, 0.717) is 11.4 Å². The summed E-state index contributed by atoms with van der Waals surface area (Å²) >= 11 is 0. The predicted octanol–water partition coefficient (Wildman–Crippen LogP) is 1.28. The van der Waals surface area contributed by atoms with Crippen LogP contribution in [0.3, 0.4) is 0 Å². The highest BCUT2D eigenvalue weighted by atomic mass is 16.5. The Hall–Kier alpha value is -1.49. The van der Waals surface area contributed by atoms with Gasteiger partial charge in [0.15, 0.2) is 0 Å². The summed E-state index contributed by atoms with van der Waals surface area (Å²) in [5, 5.41) is 12.3. The molecule has 1 aromatic heterocycles. The van der Waals surface area contributed by atoms with E-state index in [1.54, 1.807) is 19.1 Å². The molecular weight excluding hydrogens is 184 g/mol. The Kier molecular flexibility index (Phi) is 3.53. The van der Waals surface area contributed by atoms with E-state index in [2.05, 4.69) is 10.2 Å². The highest BCUT2D eigenvalue weighted by molar-refractivity contribution is 5.20. The van der Waals surface area contributed by atoms with E-state index < -0.39 is 12.1 Å². The van der Waals surface area contributed by atoms with Gasteiger partial charge in [-0.2, -0.15) is 4.91 Å². The third-order valence-electron chi connectivity index (χ3n) is 1.93. The maximum atomic E-state index is 10.2. The molecule has 0 saturated carbocycles. The van der Waals surface area contributed by atoms with Crippen LogP contribution in [0.15, 0.2) is 23.5 Å². The summed E-state index contributed by atoms with van der Waals surface area (Å²) in [5.41, 5.74) is 0.554. The molecule has 76 valence electrons. The summed E-state index contributed by atoms with van der Waals surface area (Å²) < 4.78 is 4.86. The van der Waals surface area contributed by atoms with Crippen LogP contribution < -0.4 is 4.74 Å². The van der Waals surface area contributed by atoms with Gasteiger partial charge in [0.05, 0.1) is 7.11 Å². The lowest BCUT2D eigenvalue weighted by molar-refractivity contribution is 0.153. The van der Waals surface area contributed by atoms with Crippen LogP contribution in [-0.2, 0) is 0 Å². The Labute approximate surface area is 81.7 Å². The standard InChI is InChI=1S/C9H12N2O3/c1-6(11-13)9(12)7-3-4-8(14-2)10-5-7/h3-6,9,12H,1-2H3. The van der Waals surface area contributed by atoms with Gasteiger partial charge in [-0.25, -0.2) is 4.98 Å². The Bertz CT molecular complexity index is 299. The van der Waals surface area contributed by atoms with Gasteiger partial charge in [-0.05, 0) is 13.0 Å². The van der Waals surface area contributed by atoms with Gasteiger partial charge in [0.1, 0.15) is 12.1 Å². The van der Waals surface area contributed by atoms with Crippen LogP contribution in [0.5, 0.6) is 5.88 Å². The number of hydrogen-bond acceptors (Lipinski definition) is 5. The zero-order valence-corrected chi connectivity index (χ0v) is 8.04. The van der Waals surface area contributed by atoms with Crippen LogP contribution in [0.4, 0.5) is 0 Å². The normalized spacial score (nSPS) is 14.5. The summed E-state index contributed by atoms with van der Waals surface area (Å²) in [6.45, 7) is 1.54. The summed E-state index contributed by atoms with van der Waals surface area (Å²) in [4.78, 5) is 14.1. The molecule has 1 rings (SSSR count). The Balaban J connectivity index is 2.80. The fraction of sp³-hybridized carbons (Fsp3) is 0.444. The molecule has 14 heavy (non-hydrogen) atoms. The topological polar surface area (TPSA) is 71.8 Å². The van der Waals surface area contributed by atoms with Crippen LogP contribution >= 0.6 is 0 Å². The third-order valence-corrected chi connectivity index (χ3v) is 1.93. The summed E-state index contributed by atoms with van der Waals surface area (Å²) in [7, 11) is 1.51. The Morgan fingerprint density at radius 3 is 2.71 bits per heavy atom. The van der Waals surface area contributed by atoms with Crippen molar-refractivity contribution < 1.29 is 9.84 Å². The Morgan fingerprint density at radius 1 is 1.57 bits per heavy atom. The molecule has 0 bridgehead atoms. The average Bonchev–Trinajstić information content (AvgIpc) is 2.27. The van der Waals surface area contributed by atoms with Crippen molar-refractivity contribution >= 4 is 0 Å². The van der Waals surface area contributed by atoms with Crippen LogP contribution in [-0.4, -0.2) is 23.2 Å². The van der Waals surface area contributed by atoms with Gasteiger partial charge in [0, 0.05) is 17.8 Å². The summed E-state index contributed by atoms with van der Waals surface area (Å²) in [6.07, 6.45) is 0.552. The number of aromatic nitrogens is 1. The number of nitroso groups, excluding NO2 is 1. The highest BCUT2D eigenvalue weighted by Crippen LogP contribution is 2.19. The first-order valence-corrected chi connectivity index (χ1v) is 4.19. The molecule has 0 radical (unpaired) electrons. The quantitative estimate of drug-likeness (QED) is 0.736. The van der Waals surface area contributed by atoms with Crippen LogP contribution in [0, 0.1) is 4.91 Å². The minimum Gasteiger partial charge on any atom is -0.481 e. The van der Waals surface area contributed by atoms with Gasteiger partial charge < -0.3 is 9.84 Å². The highest BCUT2D eigenvalue weighted by Gasteiger charge is 2.16. The second kappa shape index (κ2) is 4.66. The molecule has 2 unspecified atom stereocenters. The molecule has 1 heterocycles. The first-order chi connectivity index (χ1) is 6.69. The molecule has 0 aliphatic heterocycles. The fourth-order valence-corrected chi connectivity index (χ4v) is 1.02.